The number of amides is 2. The molecule has 3 aromatic rings. The summed E-state index contributed by atoms with van der Waals surface area (Å²) in [4.78, 5) is 30.7. The maximum absolute atomic E-state index is 13.2. The standard InChI is InChI=1S/C23H22N4O3/c1-30-23(29)26-18-10-8-16(9-11-18)15-25-21-19(6-4-13-24-21)22(28)27-14-12-17-5-2-3-7-20(17)27/h2-11,13H,12,14-15H2,1H3,(H,24,25)(H,26,29). The summed E-state index contributed by atoms with van der Waals surface area (Å²) in [5.74, 6) is 0.483. The van der Waals surface area contributed by atoms with Crippen molar-refractivity contribution >= 4 is 29.2 Å². The molecule has 2 N–H and O–H groups in total. The minimum Gasteiger partial charge on any atom is -0.453 e. The molecule has 0 bridgehead atoms. The third kappa shape index (κ3) is 4.10. The Hall–Kier alpha value is -3.87. The van der Waals surface area contributed by atoms with Gasteiger partial charge in [-0.3, -0.25) is 10.1 Å². The van der Waals surface area contributed by atoms with Gasteiger partial charge in [-0.2, -0.15) is 0 Å². The third-order valence-electron chi connectivity index (χ3n) is 5.02. The van der Waals surface area contributed by atoms with Crippen LogP contribution in [0.2, 0.25) is 0 Å². The van der Waals surface area contributed by atoms with Gasteiger partial charge in [0.2, 0.25) is 0 Å². The van der Waals surface area contributed by atoms with E-state index in [2.05, 4.69) is 26.4 Å². The van der Waals surface area contributed by atoms with Gasteiger partial charge in [0.05, 0.1) is 12.7 Å². The van der Waals surface area contributed by atoms with Crippen LogP contribution in [0.5, 0.6) is 0 Å². The zero-order chi connectivity index (χ0) is 20.9. The summed E-state index contributed by atoms with van der Waals surface area (Å²) < 4.78 is 4.58. The molecule has 0 atom stereocenters. The molecule has 0 aliphatic carbocycles. The van der Waals surface area contributed by atoms with E-state index in [0.29, 0.717) is 30.2 Å². The van der Waals surface area contributed by atoms with E-state index >= 15 is 0 Å². The van der Waals surface area contributed by atoms with E-state index in [1.54, 1.807) is 30.5 Å². The molecule has 0 saturated heterocycles. The van der Waals surface area contributed by atoms with Crippen LogP contribution in [0.3, 0.4) is 0 Å². The molecule has 2 heterocycles. The lowest BCUT2D eigenvalue weighted by atomic mass is 10.1. The lowest BCUT2D eigenvalue weighted by Crippen LogP contribution is -2.29. The fraction of sp³-hybridized carbons (Fsp3) is 0.174. The van der Waals surface area contributed by atoms with Crippen LogP contribution in [0.4, 0.5) is 22.0 Å². The number of carbonyl (C=O) groups is 2. The van der Waals surface area contributed by atoms with E-state index in [9.17, 15) is 9.59 Å². The summed E-state index contributed by atoms with van der Waals surface area (Å²) in [6.07, 6.45) is 2.01. The van der Waals surface area contributed by atoms with Gasteiger partial charge in [0, 0.05) is 30.7 Å². The number of nitrogens with one attached hydrogen (secondary N) is 2. The van der Waals surface area contributed by atoms with Crippen molar-refractivity contribution in [1.82, 2.24) is 4.98 Å². The number of benzene rings is 2. The highest BCUT2D eigenvalue weighted by Gasteiger charge is 2.26. The van der Waals surface area contributed by atoms with Crippen molar-refractivity contribution in [3.8, 4) is 0 Å². The fourth-order valence-corrected chi connectivity index (χ4v) is 3.47. The molecular formula is C23H22N4O3. The van der Waals surface area contributed by atoms with Crippen molar-refractivity contribution in [2.24, 2.45) is 0 Å². The molecule has 4 rings (SSSR count). The van der Waals surface area contributed by atoms with Crippen LogP contribution < -0.4 is 15.5 Å². The molecule has 30 heavy (non-hydrogen) atoms. The molecule has 1 aliphatic heterocycles. The minimum atomic E-state index is -0.513. The van der Waals surface area contributed by atoms with E-state index in [1.807, 2.05) is 35.2 Å². The molecule has 0 radical (unpaired) electrons. The summed E-state index contributed by atoms with van der Waals surface area (Å²) >= 11 is 0. The molecule has 2 amide bonds. The SMILES string of the molecule is COC(=O)Nc1ccc(CNc2ncccc2C(=O)N2CCc3ccccc32)cc1. The molecule has 0 fully saturated rings. The van der Waals surface area contributed by atoms with Crippen molar-refractivity contribution in [2.75, 3.05) is 29.2 Å². The number of fused-ring (bicyclic) bond motifs is 1. The zero-order valence-corrected chi connectivity index (χ0v) is 16.6. The van der Waals surface area contributed by atoms with Crippen molar-refractivity contribution in [1.29, 1.82) is 0 Å². The Morgan fingerprint density at radius 1 is 1.07 bits per heavy atom. The summed E-state index contributed by atoms with van der Waals surface area (Å²) in [5.41, 5.74) is 4.32. The number of aromatic nitrogens is 1. The van der Waals surface area contributed by atoms with E-state index in [-0.39, 0.29) is 5.91 Å². The van der Waals surface area contributed by atoms with Gasteiger partial charge in [-0.1, -0.05) is 30.3 Å². The Morgan fingerprint density at radius 2 is 1.87 bits per heavy atom. The predicted molar refractivity (Wildman–Crippen MR) is 116 cm³/mol. The second-order valence-corrected chi connectivity index (χ2v) is 6.90. The van der Waals surface area contributed by atoms with Crippen molar-refractivity contribution in [3.63, 3.8) is 0 Å². The molecule has 7 nitrogen and oxygen atoms in total. The van der Waals surface area contributed by atoms with Gasteiger partial charge in [0.15, 0.2) is 0 Å². The van der Waals surface area contributed by atoms with Crippen LogP contribution in [0.25, 0.3) is 0 Å². The van der Waals surface area contributed by atoms with Gasteiger partial charge in [0.25, 0.3) is 5.91 Å². The number of nitrogens with zero attached hydrogens (tertiary/aromatic N) is 2. The average Bonchev–Trinajstić information content (AvgIpc) is 3.22. The molecule has 1 aliphatic rings. The first-order valence-electron chi connectivity index (χ1n) is 9.68. The molecule has 0 unspecified atom stereocenters. The average molecular weight is 402 g/mol. The monoisotopic (exact) mass is 402 g/mol. The lowest BCUT2D eigenvalue weighted by Gasteiger charge is -2.19. The minimum absolute atomic E-state index is 0.0619. The highest BCUT2D eigenvalue weighted by Crippen LogP contribution is 2.30. The van der Waals surface area contributed by atoms with E-state index in [1.165, 1.54) is 12.7 Å². The van der Waals surface area contributed by atoms with Crippen LogP contribution in [0, 0.1) is 0 Å². The number of hydrogen-bond donors (Lipinski definition) is 2. The number of pyridine rings is 1. The van der Waals surface area contributed by atoms with Gasteiger partial charge in [-0.25, -0.2) is 9.78 Å². The highest BCUT2D eigenvalue weighted by atomic mass is 16.5. The number of para-hydroxylation sites is 1. The maximum atomic E-state index is 13.2. The quantitative estimate of drug-likeness (QED) is 0.672. The van der Waals surface area contributed by atoms with Gasteiger partial charge in [-0.15, -0.1) is 0 Å². The summed E-state index contributed by atoms with van der Waals surface area (Å²) in [6, 6.07) is 18.9. The third-order valence-corrected chi connectivity index (χ3v) is 5.02. The van der Waals surface area contributed by atoms with Gasteiger partial charge >= 0.3 is 6.09 Å². The molecule has 2 aromatic carbocycles. The van der Waals surface area contributed by atoms with Crippen molar-refractivity contribution < 1.29 is 14.3 Å². The normalized spacial score (nSPS) is 12.2. The predicted octanol–water partition coefficient (Wildman–Crippen LogP) is 4.07. The number of rotatable bonds is 5. The highest BCUT2D eigenvalue weighted by molar-refractivity contribution is 6.10. The summed E-state index contributed by atoms with van der Waals surface area (Å²) in [5, 5.41) is 5.87. The van der Waals surface area contributed by atoms with Gasteiger partial charge < -0.3 is 15.0 Å². The van der Waals surface area contributed by atoms with Crippen molar-refractivity contribution in [3.05, 3.63) is 83.6 Å². The van der Waals surface area contributed by atoms with Crippen LogP contribution >= 0.6 is 0 Å². The van der Waals surface area contributed by atoms with Crippen LogP contribution in [0.15, 0.2) is 66.9 Å². The smallest absolute Gasteiger partial charge is 0.411 e. The fourth-order valence-electron chi connectivity index (χ4n) is 3.47. The van der Waals surface area contributed by atoms with Gasteiger partial charge in [-0.05, 0) is 47.9 Å². The van der Waals surface area contributed by atoms with E-state index in [4.69, 9.17) is 0 Å². The Balaban J connectivity index is 1.46. The molecular weight excluding hydrogens is 380 g/mol. The first-order valence-corrected chi connectivity index (χ1v) is 9.68. The Kier molecular flexibility index (Phi) is 5.61. The molecule has 7 heteroatoms. The Labute approximate surface area is 174 Å². The second-order valence-electron chi connectivity index (χ2n) is 6.90. The molecule has 152 valence electrons. The largest absolute Gasteiger partial charge is 0.453 e. The first kappa shape index (κ1) is 19.4. The molecule has 0 saturated carbocycles. The van der Waals surface area contributed by atoms with Crippen molar-refractivity contribution in [2.45, 2.75) is 13.0 Å². The van der Waals surface area contributed by atoms with E-state index in [0.717, 1.165) is 17.7 Å². The first-order chi connectivity index (χ1) is 14.7. The summed E-state index contributed by atoms with van der Waals surface area (Å²) in [6.45, 7) is 1.16. The second kappa shape index (κ2) is 8.65. The van der Waals surface area contributed by atoms with Gasteiger partial charge in [0.1, 0.15) is 5.82 Å². The summed E-state index contributed by atoms with van der Waals surface area (Å²) in [7, 11) is 1.32. The van der Waals surface area contributed by atoms with E-state index < -0.39 is 6.09 Å². The number of carbonyl (C=O) groups excluding carboxylic acids is 2. The molecule has 0 spiro atoms. The van der Waals surface area contributed by atoms with Crippen LogP contribution in [-0.2, 0) is 17.7 Å². The van der Waals surface area contributed by atoms with Crippen LogP contribution in [0.1, 0.15) is 21.5 Å². The molecule has 1 aromatic heterocycles. The topological polar surface area (TPSA) is 83.6 Å². The number of hydrogen-bond acceptors (Lipinski definition) is 5. The number of ether oxygens (including phenoxy) is 1. The lowest BCUT2D eigenvalue weighted by molar-refractivity contribution is 0.0990. The number of methoxy groups -OCH3 is 1. The Bertz CT molecular complexity index is 1070. The maximum Gasteiger partial charge on any atom is 0.411 e. The zero-order valence-electron chi connectivity index (χ0n) is 16.6. The Morgan fingerprint density at radius 3 is 2.67 bits per heavy atom. The van der Waals surface area contributed by atoms with Crippen LogP contribution in [-0.4, -0.2) is 30.6 Å². The number of anilines is 3.